The van der Waals surface area contributed by atoms with Crippen molar-refractivity contribution in [2.75, 3.05) is 44.2 Å². The van der Waals surface area contributed by atoms with Crippen molar-refractivity contribution in [3.63, 3.8) is 0 Å². The zero-order valence-corrected chi connectivity index (χ0v) is 16.5. The summed E-state index contributed by atoms with van der Waals surface area (Å²) in [4.78, 5) is 34.3. The number of aromatic nitrogens is 1. The number of carbonyl (C=O) groups excluding carboxylic acids is 2. The normalized spacial score (nSPS) is 17.6. The summed E-state index contributed by atoms with van der Waals surface area (Å²) < 4.78 is 5.67. The average Bonchev–Trinajstić information content (AvgIpc) is 3.19. The van der Waals surface area contributed by atoms with Crippen molar-refractivity contribution in [1.29, 1.82) is 0 Å². The van der Waals surface area contributed by atoms with Crippen LogP contribution in [0.2, 0.25) is 0 Å². The van der Waals surface area contributed by atoms with Crippen molar-refractivity contribution < 1.29 is 14.3 Å². The van der Waals surface area contributed by atoms with E-state index < -0.39 is 0 Å². The van der Waals surface area contributed by atoms with Gasteiger partial charge in [-0.05, 0) is 48.4 Å². The van der Waals surface area contributed by atoms with E-state index in [4.69, 9.17) is 4.74 Å². The van der Waals surface area contributed by atoms with Gasteiger partial charge in [-0.15, -0.1) is 0 Å². The van der Waals surface area contributed by atoms with Crippen molar-refractivity contribution in [2.24, 2.45) is 0 Å². The lowest BCUT2D eigenvalue weighted by atomic mass is 10.2. The number of ether oxygens (including phenoxy) is 1. The van der Waals surface area contributed by atoms with E-state index in [-0.39, 0.29) is 18.4 Å². The van der Waals surface area contributed by atoms with E-state index in [2.05, 4.69) is 9.88 Å². The van der Waals surface area contributed by atoms with Crippen LogP contribution in [0.25, 0.3) is 0 Å². The molecule has 2 fully saturated rings. The molecule has 2 saturated heterocycles. The molecule has 2 aromatic rings. The molecule has 0 saturated carbocycles. The molecule has 0 radical (unpaired) electrons. The van der Waals surface area contributed by atoms with Crippen molar-refractivity contribution in [3.8, 4) is 5.75 Å². The Morgan fingerprint density at radius 3 is 2.34 bits per heavy atom. The largest absolute Gasteiger partial charge is 0.484 e. The van der Waals surface area contributed by atoms with Crippen LogP contribution in [-0.2, 0) is 16.1 Å². The van der Waals surface area contributed by atoms with Gasteiger partial charge in [-0.25, -0.2) is 0 Å². The summed E-state index contributed by atoms with van der Waals surface area (Å²) in [6, 6.07) is 11.4. The van der Waals surface area contributed by atoms with Crippen LogP contribution in [0.1, 0.15) is 18.4 Å². The second-order valence-corrected chi connectivity index (χ2v) is 7.44. The van der Waals surface area contributed by atoms with Crippen LogP contribution in [0.15, 0.2) is 48.8 Å². The van der Waals surface area contributed by atoms with E-state index in [1.165, 1.54) is 5.56 Å². The number of hydrogen-bond acceptors (Lipinski definition) is 5. The third-order valence-electron chi connectivity index (χ3n) is 5.46. The molecule has 0 N–H and O–H groups in total. The summed E-state index contributed by atoms with van der Waals surface area (Å²) >= 11 is 0. The summed E-state index contributed by atoms with van der Waals surface area (Å²) in [5.74, 6) is 0.814. The molecular weight excluding hydrogens is 368 g/mol. The van der Waals surface area contributed by atoms with Crippen LogP contribution in [0.4, 0.5) is 5.69 Å². The predicted molar refractivity (Wildman–Crippen MR) is 110 cm³/mol. The smallest absolute Gasteiger partial charge is 0.260 e. The Kier molecular flexibility index (Phi) is 6.05. The van der Waals surface area contributed by atoms with Crippen molar-refractivity contribution >= 4 is 17.5 Å². The Morgan fingerprint density at radius 1 is 0.966 bits per heavy atom. The topological polar surface area (TPSA) is 66.0 Å². The summed E-state index contributed by atoms with van der Waals surface area (Å²) in [5, 5.41) is 0. The fraction of sp³-hybridized carbons (Fsp3) is 0.409. The standard InChI is InChI=1S/C22H26N4O3/c27-21-2-1-11-26(21)19-3-5-20(6-4-19)29-17-22(28)25-14-12-24(13-15-25)16-18-7-9-23-10-8-18/h3-10H,1-2,11-17H2. The Morgan fingerprint density at radius 2 is 1.69 bits per heavy atom. The number of nitrogens with zero attached hydrogens (tertiary/aromatic N) is 4. The van der Waals surface area contributed by atoms with Gasteiger partial charge in [0.1, 0.15) is 5.75 Å². The molecule has 0 spiro atoms. The fourth-order valence-corrected chi connectivity index (χ4v) is 3.78. The molecule has 0 unspecified atom stereocenters. The van der Waals surface area contributed by atoms with E-state index in [0.29, 0.717) is 25.3 Å². The molecule has 7 heteroatoms. The third-order valence-corrected chi connectivity index (χ3v) is 5.46. The first kappa shape index (κ1) is 19.4. The first-order valence-corrected chi connectivity index (χ1v) is 10.1. The summed E-state index contributed by atoms with van der Waals surface area (Å²) in [7, 11) is 0. The Hall–Kier alpha value is -2.93. The van der Waals surface area contributed by atoms with Gasteiger partial charge in [0.25, 0.3) is 5.91 Å². The molecule has 0 aliphatic carbocycles. The summed E-state index contributed by atoms with van der Waals surface area (Å²) in [6.07, 6.45) is 5.13. The molecule has 7 nitrogen and oxygen atoms in total. The first-order chi connectivity index (χ1) is 14.2. The third kappa shape index (κ3) is 4.92. The molecule has 29 heavy (non-hydrogen) atoms. The minimum absolute atomic E-state index is 0.00681. The van der Waals surface area contributed by atoms with Crippen LogP contribution < -0.4 is 9.64 Å². The summed E-state index contributed by atoms with van der Waals surface area (Å²) in [6.45, 7) is 4.82. The number of piperazine rings is 1. The molecular formula is C22H26N4O3. The lowest BCUT2D eigenvalue weighted by molar-refractivity contribution is -0.135. The Bertz CT molecular complexity index is 833. The van der Waals surface area contributed by atoms with Gasteiger partial charge in [0.2, 0.25) is 5.91 Å². The number of anilines is 1. The minimum Gasteiger partial charge on any atom is -0.484 e. The molecule has 2 amide bonds. The lowest BCUT2D eigenvalue weighted by Crippen LogP contribution is -2.49. The number of amides is 2. The van der Waals surface area contributed by atoms with E-state index in [0.717, 1.165) is 38.3 Å². The SMILES string of the molecule is O=C(COc1ccc(N2CCCC2=O)cc1)N1CCN(Cc2ccncc2)CC1. The van der Waals surface area contributed by atoms with Crippen molar-refractivity contribution in [3.05, 3.63) is 54.4 Å². The molecule has 2 aliphatic heterocycles. The highest BCUT2D eigenvalue weighted by Crippen LogP contribution is 2.24. The maximum absolute atomic E-state index is 12.5. The van der Waals surface area contributed by atoms with E-state index in [1.54, 1.807) is 4.90 Å². The number of carbonyl (C=O) groups is 2. The maximum atomic E-state index is 12.5. The van der Waals surface area contributed by atoms with E-state index in [1.807, 2.05) is 53.7 Å². The van der Waals surface area contributed by atoms with E-state index >= 15 is 0 Å². The van der Waals surface area contributed by atoms with Crippen LogP contribution in [0.5, 0.6) is 5.75 Å². The van der Waals surface area contributed by atoms with Crippen molar-refractivity contribution in [2.45, 2.75) is 19.4 Å². The highest BCUT2D eigenvalue weighted by Gasteiger charge is 2.23. The fourth-order valence-electron chi connectivity index (χ4n) is 3.78. The highest BCUT2D eigenvalue weighted by molar-refractivity contribution is 5.95. The molecule has 152 valence electrons. The van der Waals surface area contributed by atoms with Gasteiger partial charge in [-0.2, -0.15) is 0 Å². The molecule has 1 aromatic carbocycles. The van der Waals surface area contributed by atoms with Gasteiger partial charge >= 0.3 is 0 Å². The second-order valence-electron chi connectivity index (χ2n) is 7.44. The number of pyridine rings is 1. The Labute approximate surface area is 170 Å². The zero-order chi connectivity index (χ0) is 20.1. The zero-order valence-electron chi connectivity index (χ0n) is 16.5. The highest BCUT2D eigenvalue weighted by atomic mass is 16.5. The molecule has 0 bridgehead atoms. The van der Waals surface area contributed by atoms with Gasteiger partial charge in [0.05, 0.1) is 0 Å². The molecule has 4 rings (SSSR count). The van der Waals surface area contributed by atoms with Gasteiger partial charge in [0, 0.05) is 63.8 Å². The van der Waals surface area contributed by atoms with E-state index in [9.17, 15) is 9.59 Å². The van der Waals surface area contributed by atoms with Crippen LogP contribution >= 0.6 is 0 Å². The first-order valence-electron chi connectivity index (χ1n) is 10.1. The number of rotatable bonds is 6. The average molecular weight is 394 g/mol. The summed E-state index contributed by atoms with van der Waals surface area (Å²) in [5.41, 5.74) is 2.12. The second kappa shape index (κ2) is 9.05. The Balaban J connectivity index is 1.21. The van der Waals surface area contributed by atoms with Crippen LogP contribution in [0, 0.1) is 0 Å². The predicted octanol–water partition coefficient (Wildman–Crippen LogP) is 1.93. The van der Waals surface area contributed by atoms with Gasteiger partial charge in [-0.3, -0.25) is 19.5 Å². The van der Waals surface area contributed by atoms with Gasteiger partial charge in [0.15, 0.2) is 6.61 Å². The number of benzene rings is 1. The van der Waals surface area contributed by atoms with Gasteiger partial charge in [-0.1, -0.05) is 0 Å². The van der Waals surface area contributed by atoms with Gasteiger partial charge < -0.3 is 14.5 Å². The molecule has 2 aliphatic rings. The van der Waals surface area contributed by atoms with Crippen LogP contribution in [-0.4, -0.2) is 65.9 Å². The van der Waals surface area contributed by atoms with Crippen LogP contribution in [0.3, 0.4) is 0 Å². The lowest BCUT2D eigenvalue weighted by Gasteiger charge is -2.34. The molecule has 1 aromatic heterocycles. The minimum atomic E-state index is 0.00681. The molecule has 3 heterocycles. The maximum Gasteiger partial charge on any atom is 0.260 e. The molecule has 0 atom stereocenters. The quantitative estimate of drug-likeness (QED) is 0.749. The monoisotopic (exact) mass is 394 g/mol. The van der Waals surface area contributed by atoms with Crippen molar-refractivity contribution in [1.82, 2.24) is 14.8 Å². The number of hydrogen-bond donors (Lipinski definition) is 0.